The van der Waals surface area contributed by atoms with Crippen LogP contribution in [0.15, 0.2) is 11.4 Å². The van der Waals surface area contributed by atoms with Gasteiger partial charge < -0.3 is 19.3 Å². The highest BCUT2D eigenvalue weighted by Gasteiger charge is 2.46. The molecule has 0 N–H and O–H groups in total. The summed E-state index contributed by atoms with van der Waals surface area (Å²) in [7, 11) is 3.18. The predicted octanol–water partition coefficient (Wildman–Crippen LogP) is 2.81. The van der Waals surface area contributed by atoms with E-state index in [1.54, 1.807) is 31.6 Å². The lowest BCUT2D eigenvalue weighted by atomic mass is 9.87. The molecule has 2 saturated heterocycles. The SMILES string of the molecule is COc1cc(OC)nc(N2CCC[C@]3(CCC(=O)N3Cc3csc(C)n3)CC2)n1. The molecule has 0 aromatic carbocycles. The smallest absolute Gasteiger partial charge is 0.231 e. The molecular weight excluding hydrogens is 390 g/mol. The predicted molar refractivity (Wildman–Crippen MR) is 111 cm³/mol. The first kappa shape index (κ1) is 19.9. The minimum absolute atomic E-state index is 0.105. The number of likely N-dealkylation sites (tertiary alicyclic amines) is 1. The third-order valence-electron chi connectivity index (χ3n) is 5.95. The van der Waals surface area contributed by atoms with Gasteiger partial charge in [0.2, 0.25) is 23.6 Å². The number of hydrogen-bond donors (Lipinski definition) is 0. The summed E-state index contributed by atoms with van der Waals surface area (Å²) >= 11 is 1.64. The number of aromatic nitrogens is 3. The molecule has 29 heavy (non-hydrogen) atoms. The number of methoxy groups -OCH3 is 2. The Labute approximate surface area is 174 Å². The first-order valence-corrected chi connectivity index (χ1v) is 10.8. The Balaban J connectivity index is 1.53. The second-order valence-electron chi connectivity index (χ2n) is 7.66. The molecule has 2 aromatic rings. The Hall–Kier alpha value is -2.42. The van der Waals surface area contributed by atoms with Crippen LogP contribution in [0, 0.1) is 6.92 Å². The Bertz CT molecular complexity index is 867. The van der Waals surface area contributed by atoms with Gasteiger partial charge in [0.25, 0.3) is 0 Å². The molecule has 0 radical (unpaired) electrons. The van der Waals surface area contributed by atoms with Crippen LogP contribution in [0.1, 0.15) is 42.8 Å². The maximum atomic E-state index is 12.7. The molecule has 0 saturated carbocycles. The standard InChI is InChI=1S/C20H27N5O3S/c1-14-21-15(13-29-14)12-25-18(26)5-7-20(25)6-4-9-24(10-8-20)19-22-16(27-2)11-17(23-19)28-3/h11,13H,4-10,12H2,1-3H3/t20-/m0/s1. The monoisotopic (exact) mass is 417 g/mol. The van der Waals surface area contributed by atoms with Crippen LogP contribution in [0.2, 0.25) is 0 Å². The van der Waals surface area contributed by atoms with Crippen LogP contribution >= 0.6 is 11.3 Å². The van der Waals surface area contributed by atoms with Crippen LogP contribution in [0.25, 0.3) is 0 Å². The van der Waals surface area contributed by atoms with E-state index in [4.69, 9.17) is 9.47 Å². The maximum Gasteiger partial charge on any atom is 0.231 e. The van der Waals surface area contributed by atoms with Crippen molar-refractivity contribution < 1.29 is 14.3 Å². The molecule has 1 spiro atoms. The van der Waals surface area contributed by atoms with Crippen LogP contribution in [0.4, 0.5) is 5.95 Å². The van der Waals surface area contributed by atoms with Gasteiger partial charge in [-0.05, 0) is 32.6 Å². The number of carbonyl (C=O) groups is 1. The lowest BCUT2D eigenvalue weighted by molar-refractivity contribution is -0.132. The number of amides is 1. The molecule has 0 unspecified atom stereocenters. The highest BCUT2D eigenvalue weighted by molar-refractivity contribution is 7.09. The van der Waals surface area contributed by atoms with Gasteiger partial charge >= 0.3 is 0 Å². The van der Waals surface area contributed by atoms with E-state index in [1.807, 2.05) is 6.92 Å². The van der Waals surface area contributed by atoms with E-state index in [1.165, 1.54) is 0 Å². The molecule has 1 amide bonds. The Morgan fingerprint density at radius 3 is 2.52 bits per heavy atom. The van der Waals surface area contributed by atoms with Gasteiger partial charge in [-0.3, -0.25) is 4.79 Å². The highest BCUT2D eigenvalue weighted by Crippen LogP contribution is 2.40. The van der Waals surface area contributed by atoms with Crippen molar-refractivity contribution in [2.45, 2.75) is 51.1 Å². The van der Waals surface area contributed by atoms with Crippen molar-refractivity contribution >= 4 is 23.2 Å². The number of nitrogens with zero attached hydrogens (tertiary/aromatic N) is 5. The van der Waals surface area contributed by atoms with E-state index in [2.05, 4.69) is 30.1 Å². The number of ether oxygens (including phenoxy) is 2. The third-order valence-corrected chi connectivity index (χ3v) is 6.77. The van der Waals surface area contributed by atoms with E-state index in [0.29, 0.717) is 30.7 Å². The first-order valence-electron chi connectivity index (χ1n) is 9.96. The zero-order chi connectivity index (χ0) is 20.4. The molecule has 0 bridgehead atoms. The van der Waals surface area contributed by atoms with Gasteiger partial charge in [-0.25, -0.2) is 4.98 Å². The number of thiazole rings is 1. The summed E-state index contributed by atoms with van der Waals surface area (Å²) < 4.78 is 10.6. The van der Waals surface area contributed by atoms with Gasteiger partial charge in [-0.1, -0.05) is 0 Å². The molecule has 4 heterocycles. The number of hydrogen-bond acceptors (Lipinski definition) is 8. The van der Waals surface area contributed by atoms with Crippen LogP contribution < -0.4 is 14.4 Å². The van der Waals surface area contributed by atoms with E-state index >= 15 is 0 Å². The molecule has 2 aliphatic rings. The van der Waals surface area contributed by atoms with Crippen molar-refractivity contribution in [2.75, 3.05) is 32.2 Å². The molecule has 1 atom stereocenters. The molecule has 2 aromatic heterocycles. The molecule has 9 heteroatoms. The number of carbonyl (C=O) groups excluding carboxylic acids is 1. The van der Waals surface area contributed by atoms with Crippen LogP contribution in [0.3, 0.4) is 0 Å². The number of anilines is 1. The average molecular weight is 418 g/mol. The Morgan fingerprint density at radius 1 is 1.10 bits per heavy atom. The fraction of sp³-hybridized carbons (Fsp3) is 0.600. The van der Waals surface area contributed by atoms with E-state index in [-0.39, 0.29) is 11.4 Å². The average Bonchev–Trinajstić information content (AvgIpc) is 3.19. The van der Waals surface area contributed by atoms with E-state index < -0.39 is 0 Å². The summed E-state index contributed by atoms with van der Waals surface area (Å²) in [5.41, 5.74) is 0.885. The number of rotatable bonds is 5. The fourth-order valence-corrected chi connectivity index (χ4v) is 5.02. The summed E-state index contributed by atoms with van der Waals surface area (Å²) in [4.78, 5) is 30.6. The van der Waals surface area contributed by atoms with Crippen molar-refractivity contribution in [2.24, 2.45) is 0 Å². The zero-order valence-corrected chi connectivity index (χ0v) is 18.0. The first-order chi connectivity index (χ1) is 14.0. The third kappa shape index (κ3) is 4.01. The molecule has 2 fully saturated rings. The quantitative estimate of drug-likeness (QED) is 0.740. The van der Waals surface area contributed by atoms with Crippen LogP contribution in [-0.4, -0.2) is 58.6 Å². The zero-order valence-electron chi connectivity index (χ0n) is 17.2. The summed E-state index contributed by atoms with van der Waals surface area (Å²) in [5.74, 6) is 1.83. The molecule has 0 aliphatic carbocycles. The molecule has 8 nitrogen and oxygen atoms in total. The Kier molecular flexibility index (Phi) is 5.58. The molecule has 4 rings (SSSR count). The van der Waals surface area contributed by atoms with Crippen molar-refractivity contribution in [1.82, 2.24) is 19.9 Å². The van der Waals surface area contributed by atoms with Gasteiger partial charge in [-0.2, -0.15) is 9.97 Å². The van der Waals surface area contributed by atoms with E-state index in [9.17, 15) is 4.79 Å². The van der Waals surface area contributed by atoms with Crippen molar-refractivity contribution in [3.05, 3.63) is 22.1 Å². The van der Waals surface area contributed by atoms with Crippen molar-refractivity contribution in [1.29, 1.82) is 0 Å². The number of aryl methyl sites for hydroxylation is 1. The molecular formula is C20H27N5O3S. The van der Waals surface area contributed by atoms with Crippen molar-refractivity contribution in [3.63, 3.8) is 0 Å². The minimum Gasteiger partial charge on any atom is -0.481 e. The lowest BCUT2D eigenvalue weighted by Crippen LogP contribution is -2.46. The summed E-state index contributed by atoms with van der Waals surface area (Å²) in [6.07, 6.45) is 4.38. The summed E-state index contributed by atoms with van der Waals surface area (Å²) in [6.45, 7) is 4.24. The molecule has 2 aliphatic heterocycles. The summed E-state index contributed by atoms with van der Waals surface area (Å²) in [6, 6.07) is 1.68. The normalized spacial score (nSPS) is 22.2. The second-order valence-corrected chi connectivity index (χ2v) is 8.72. The lowest BCUT2D eigenvalue weighted by Gasteiger charge is -2.38. The molecule has 156 valence electrons. The van der Waals surface area contributed by atoms with Crippen molar-refractivity contribution in [3.8, 4) is 11.8 Å². The van der Waals surface area contributed by atoms with Gasteiger partial charge in [-0.15, -0.1) is 11.3 Å². The minimum atomic E-state index is -0.105. The van der Waals surface area contributed by atoms with Crippen LogP contribution in [-0.2, 0) is 11.3 Å². The maximum absolute atomic E-state index is 12.7. The topological polar surface area (TPSA) is 80.7 Å². The Morgan fingerprint density at radius 2 is 1.86 bits per heavy atom. The highest BCUT2D eigenvalue weighted by atomic mass is 32.1. The second kappa shape index (κ2) is 8.14. The van der Waals surface area contributed by atoms with Gasteiger partial charge in [0, 0.05) is 30.4 Å². The largest absolute Gasteiger partial charge is 0.481 e. The van der Waals surface area contributed by atoms with Crippen LogP contribution in [0.5, 0.6) is 11.8 Å². The van der Waals surface area contributed by atoms with Gasteiger partial charge in [0.15, 0.2) is 0 Å². The van der Waals surface area contributed by atoms with Gasteiger partial charge in [0.1, 0.15) is 0 Å². The van der Waals surface area contributed by atoms with Gasteiger partial charge in [0.05, 0.1) is 37.5 Å². The summed E-state index contributed by atoms with van der Waals surface area (Å²) in [5, 5.41) is 3.10. The van der Waals surface area contributed by atoms with E-state index in [0.717, 1.165) is 49.5 Å². The fourth-order valence-electron chi connectivity index (χ4n) is 4.41.